The van der Waals surface area contributed by atoms with Gasteiger partial charge in [0.25, 0.3) is 0 Å². The average molecular weight is 292 g/mol. The number of carboxylic acids is 1. The normalized spacial score (nSPS) is 17.4. The van der Waals surface area contributed by atoms with Gasteiger partial charge >= 0.3 is 5.97 Å². The van der Waals surface area contributed by atoms with Crippen molar-refractivity contribution in [1.29, 1.82) is 0 Å². The molecule has 2 N–H and O–H groups in total. The topological polar surface area (TPSA) is 78.9 Å². The molecule has 0 unspecified atom stereocenters. The summed E-state index contributed by atoms with van der Waals surface area (Å²) in [6.07, 6.45) is 0.356. The fraction of sp³-hybridized carbons (Fsp3) is 0.467. The number of fused-ring (bicyclic) bond motifs is 1. The van der Waals surface area contributed by atoms with Crippen LogP contribution in [-0.2, 0) is 27.3 Å². The van der Waals surface area contributed by atoms with Crippen LogP contribution in [0.15, 0.2) is 24.3 Å². The van der Waals surface area contributed by atoms with Crippen LogP contribution in [0.2, 0.25) is 0 Å². The highest BCUT2D eigenvalue weighted by molar-refractivity contribution is 5.85. The number of carbonyl (C=O) groups excluding carboxylic acids is 1. The van der Waals surface area contributed by atoms with E-state index in [4.69, 9.17) is 4.74 Å². The highest BCUT2D eigenvalue weighted by Gasteiger charge is 2.33. The number of hydrogen-bond acceptors (Lipinski definition) is 4. The Hall–Kier alpha value is -1.92. The van der Waals surface area contributed by atoms with Crippen molar-refractivity contribution in [2.75, 3.05) is 26.8 Å². The zero-order valence-electron chi connectivity index (χ0n) is 12.0. The molecule has 0 saturated carbocycles. The summed E-state index contributed by atoms with van der Waals surface area (Å²) in [5.74, 6) is -1.16. The van der Waals surface area contributed by atoms with Crippen molar-refractivity contribution in [2.24, 2.45) is 0 Å². The van der Waals surface area contributed by atoms with E-state index in [9.17, 15) is 14.7 Å². The Bertz CT molecular complexity index is 518. The summed E-state index contributed by atoms with van der Waals surface area (Å²) < 4.78 is 4.89. The molecule has 0 fully saturated rings. The third-order valence-electron chi connectivity index (χ3n) is 3.61. The third-order valence-corrected chi connectivity index (χ3v) is 3.61. The van der Waals surface area contributed by atoms with Gasteiger partial charge in [-0.1, -0.05) is 24.3 Å². The zero-order chi connectivity index (χ0) is 15.2. The molecule has 1 aliphatic rings. The molecular formula is C15H20N2O4. The summed E-state index contributed by atoms with van der Waals surface area (Å²) in [7, 11) is 1.59. The van der Waals surface area contributed by atoms with Gasteiger partial charge in [-0.2, -0.15) is 0 Å². The molecule has 1 aromatic rings. The molecule has 0 aromatic heterocycles. The smallest absolute Gasteiger partial charge is 0.326 e. The number of aliphatic carboxylic acids is 1. The zero-order valence-corrected chi connectivity index (χ0v) is 12.0. The largest absolute Gasteiger partial charge is 0.480 e. The van der Waals surface area contributed by atoms with Crippen LogP contribution in [0.3, 0.4) is 0 Å². The van der Waals surface area contributed by atoms with Gasteiger partial charge in [0.2, 0.25) is 5.91 Å². The van der Waals surface area contributed by atoms with E-state index >= 15 is 0 Å². The molecule has 6 heteroatoms. The number of carbonyl (C=O) groups is 2. The maximum Gasteiger partial charge on any atom is 0.326 e. The van der Waals surface area contributed by atoms with Crippen LogP contribution in [0, 0.1) is 0 Å². The molecule has 21 heavy (non-hydrogen) atoms. The first-order chi connectivity index (χ1) is 10.1. The molecule has 1 atom stereocenters. The second-order valence-electron chi connectivity index (χ2n) is 5.02. The summed E-state index contributed by atoms with van der Waals surface area (Å²) >= 11 is 0. The Morgan fingerprint density at radius 1 is 1.38 bits per heavy atom. The summed E-state index contributed by atoms with van der Waals surface area (Å²) in [6.45, 7) is 1.54. The van der Waals surface area contributed by atoms with E-state index in [0.29, 0.717) is 26.1 Å². The Labute approximate surface area is 123 Å². The average Bonchev–Trinajstić information content (AvgIpc) is 2.50. The second kappa shape index (κ2) is 7.19. The molecule has 0 spiro atoms. The number of methoxy groups -OCH3 is 1. The number of ether oxygens (including phenoxy) is 1. The third kappa shape index (κ3) is 3.80. The second-order valence-corrected chi connectivity index (χ2v) is 5.02. The van der Waals surface area contributed by atoms with Crippen LogP contribution >= 0.6 is 0 Å². The van der Waals surface area contributed by atoms with Gasteiger partial charge in [0.15, 0.2) is 0 Å². The molecule has 0 radical (unpaired) electrons. The van der Waals surface area contributed by atoms with Crippen molar-refractivity contribution in [3.63, 3.8) is 0 Å². The van der Waals surface area contributed by atoms with Gasteiger partial charge in [-0.25, -0.2) is 4.79 Å². The van der Waals surface area contributed by atoms with Crippen molar-refractivity contribution in [3.05, 3.63) is 35.4 Å². The minimum absolute atomic E-state index is 0.120. The molecule has 1 amide bonds. The van der Waals surface area contributed by atoms with E-state index in [-0.39, 0.29) is 12.5 Å². The summed E-state index contributed by atoms with van der Waals surface area (Å²) in [5, 5.41) is 12.3. The predicted octanol–water partition coefficient (Wildman–Crippen LogP) is 0.261. The van der Waals surface area contributed by atoms with E-state index in [0.717, 1.165) is 11.1 Å². The lowest BCUT2D eigenvalue weighted by atomic mass is 9.94. The first-order valence-corrected chi connectivity index (χ1v) is 6.92. The van der Waals surface area contributed by atoms with Crippen molar-refractivity contribution in [1.82, 2.24) is 10.2 Å². The fourth-order valence-corrected chi connectivity index (χ4v) is 2.48. The predicted molar refractivity (Wildman–Crippen MR) is 76.9 cm³/mol. The molecule has 1 aromatic carbocycles. The number of nitrogens with zero attached hydrogens (tertiary/aromatic N) is 1. The summed E-state index contributed by atoms with van der Waals surface area (Å²) in [6, 6.07) is 6.85. The molecule has 114 valence electrons. The minimum atomic E-state index is -0.963. The Kier molecular flexibility index (Phi) is 5.30. The van der Waals surface area contributed by atoms with E-state index in [1.807, 2.05) is 24.3 Å². The Balaban J connectivity index is 2.06. The SMILES string of the molecule is COCCNCC(=O)N1Cc2ccccc2C[C@@H]1C(=O)O. The van der Waals surface area contributed by atoms with Crippen molar-refractivity contribution in [2.45, 2.75) is 19.0 Å². The van der Waals surface area contributed by atoms with Gasteiger partial charge in [0, 0.05) is 26.6 Å². The van der Waals surface area contributed by atoms with E-state index in [2.05, 4.69) is 5.32 Å². The lowest BCUT2D eigenvalue weighted by Gasteiger charge is -2.34. The summed E-state index contributed by atoms with van der Waals surface area (Å²) in [5.41, 5.74) is 2.02. The van der Waals surface area contributed by atoms with Crippen molar-refractivity contribution < 1.29 is 19.4 Å². The number of hydrogen-bond donors (Lipinski definition) is 2. The molecule has 0 bridgehead atoms. The van der Waals surface area contributed by atoms with Crippen LogP contribution in [0.25, 0.3) is 0 Å². The van der Waals surface area contributed by atoms with Crippen LogP contribution < -0.4 is 5.32 Å². The fourth-order valence-electron chi connectivity index (χ4n) is 2.48. The van der Waals surface area contributed by atoms with Gasteiger partial charge in [-0.15, -0.1) is 0 Å². The van der Waals surface area contributed by atoms with Gasteiger partial charge in [-0.05, 0) is 11.1 Å². The standard InChI is InChI=1S/C15H20N2O4/c1-21-7-6-16-9-14(18)17-10-12-5-3-2-4-11(12)8-13(17)15(19)20/h2-5,13,16H,6-10H2,1H3,(H,19,20)/t13-/m1/s1. The van der Waals surface area contributed by atoms with Gasteiger partial charge in [-0.3, -0.25) is 4.79 Å². The lowest BCUT2D eigenvalue weighted by Crippen LogP contribution is -2.51. The minimum Gasteiger partial charge on any atom is -0.480 e. The van der Waals surface area contributed by atoms with Gasteiger partial charge in [0.05, 0.1) is 13.2 Å². The maximum atomic E-state index is 12.2. The highest BCUT2D eigenvalue weighted by Crippen LogP contribution is 2.23. The van der Waals surface area contributed by atoms with Crippen LogP contribution in [0.4, 0.5) is 0 Å². The van der Waals surface area contributed by atoms with E-state index in [1.165, 1.54) is 4.90 Å². The van der Waals surface area contributed by atoms with Crippen LogP contribution in [0.1, 0.15) is 11.1 Å². The van der Waals surface area contributed by atoms with Crippen molar-refractivity contribution >= 4 is 11.9 Å². The van der Waals surface area contributed by atoms with Crippen LogP contribution in [-0.4, -0.2) is 54.7 Å². The Morgan fingerprint density at radius 2 is 2.10 bits per heavy atom. The molecule has 2 rings (SSSR count). The molecule has 0 saturated heterocycles. The Morgan fingerprint density at radius 3 is 2.76 bits per heavy atom. The van der Waals surface area contributed by atoms with E-state index < -0.39 is 12.0 Å². The van der Waals surface area contributed by atoms with E-state index in [1.54, 1.807) is 7.11 Å². The molecule has 6 nitrogen and oxygen atoms in total. The lowest BCUT2D eigenvalue weighted by molar-refractivity contribution is -0.151. The highest BCUT2D eigenvalue weighted by atomic mass is 16.5. The monoisotopic (exact) mass is 292 g/mol. The molecular weight excluding hydrogens is 272 g/mol. The number of benzene rings is 1. The molecule has 1 aliphatic heterocycles. The first kappa shape index (κ1) is 15.5. The number of amides is 1. The number of carboxylic acid groups (broad SMARTS) is 1. The van der Waals surface area contributed by atoms with Crippen molar-refractivity contribution in [3.8, 4) is 0 Å². The molecule has 1 heterocycles. The number of rotatable bonds is 6. The maximum absolute atomic E-state index is 12.2. The summed E-state index contributed by atoms with van der Waals surface area (Å²) in [4.78, 5) is 25.1. The number of nitrogens with one attached hydrogen (secondary N) is 1. The van der Waals surface area contributed by atoms with Crippen LogP contribution in [0.5, 0.6) is 0 Å². The molecule has 0 aliphatic carbocycles. The first-order valence-electron chi connectivity index (χ1n) is 6.92. The van der Waals surface area contributed by atoms with Gasteiger partial charge < -0.3 is 20.1 Å². The quantitative estimate of drug-likeness (QED) is 0.735. The van der Waals surface area contributed by atoms with Gasteiger partial charge in [0.1, 0.15) is 6.04 Å².